The number of hydrogen-bond acceptors (Lipinski definition) is 6. The average molecular weight is 344 g/mol. The summed E-state index contributed by atoms with van der Waals surface area (Å²) in [5.41, 5.74) is 2.58. The second-order valence-corrected chi connectivity index (χ2v) is 7.58. The van der Waals surface area contributed by atoms with Crippen molar-refractivity contribution < 1.29 is 19.0 Å². The zero-order valence-electron chi connectivity index (χ0n) is 14.8. The highest BCUT2D eigenvalue weighted by atomic mass is 16.5. The standard InChI is InChI=1S/C19H24N2O4/c1-20-13-8-11(19(22)24-3)17(20)12-7-10-5-4-6-15(23-2)16(10)14-9-25-18(13)21(12)14/h4-6,11-14,17-18H,7-9H2,1-3H3/t11-,12+,13+,14+,17-,18-/m1/s1. The molecule has 0 saturated carbocycles. The SMILES string of the molecule is COC(=O)[C@@H]1C[C@H]2[C@H]3OC[C@H]4c5c(cccc5OC)C[C@@H]([C@@H]1N2C)N34. The Kier molecular flexibility index (Phi) is 3.39. The Hall–Kier alpha value is -1.63. The molecule has 6 heteroatoms. The molecule has 5 rings (SSSR count). The molecule has 0 amide bonds. The first kappa shape index (κ1) is 15.6. The minimum Gasteiger partial charge on any atom is -0.496 e. The Morgan fingerprint density at radius 2 is 2.12 bits per heavy atom. The summed E-state index contributed by atoms with van der Waals surface area (Å²) in [6, 6.07) is 7.19. The summed E-state index contributed by atoms with van der Waals surface area (Å²) in [7, 11) is 5.36. The van der Waals surface area contributed by atoms with Gasteiger partial charge in [0.25, 0.3) is 0 Å². The lowest BCUT2D eigenvalue weighted by Gasteiger charge is -2.51. The number of piperazine rings is 1. The van der Waals surface area contributed by atoms with E-state index in [0.29, 0.717) is 6.61 Å². The molecule has 4 heterocycles. The smallest absolute Gasteiger partial charge is 0.310 e. The van der Waals surface area contributed by atoms with Gasteiger partial charge in [0.1, 0.15) is 12.0 Å². The van der Waals surface area contributed by atoms with E-state index in [2.05, 4.69) is 29.0 Å². The fourth-order valence-electron chi connectivity index (χ4n) is 5.77. The minimum absolute atomic E-state index is 0.0453. The predicted molar refractivity (Wildman–Crippen MR) is 90.3 cm³/mol. The van der Waals surface area contributed by atoms with Crippen LogP contribution in [-0.4, -0.2) is 68.0 Å². The van der Waals surface area contributed by atoms with Crippen molar-refractivity contribution >= 4 is 5.97 Å². The lowest BCUT2D eigenvalue weighted by Crippen LogP contribution is -2.64. The summed E-state index contributed by atoms with van der Waals surface area (Å²) in [5.74, 6) is 0.779. The van der Waals surface area contributed by atoms with E-state index in [9.17, 15) is 4.79 Å². The molecule has 0 aromatic heterocycles. The monoisotopic (exact) mass is 344 g/mol. The Morgan fingerprint density at radius 3 is 2.88 bits per heavy atom. The normalized spacial score (nSPS) is 39.0. The van der Waals surface area contributed by atoms with Crippen molar-refractivity contribution in [3.05, 3.63) is 29.3 Å². The molecule has 3 fully saturated rings. The maximum Gasteiger partial charge on any atom is 0.310 e. The maximum absolute atomic E-state index is 12.4. The Balaban J connectivity index is 1.61. The summed E-state index contributed by atoms with van der Waals surface area (Å²) >= 11 is 0. The van der Waals surface area contributed by atoms with Crippen LogP contribution in [0.15, 0.2) is 18.2 Å². The molecule has 4 aliphatic heterocycles. The van der Waals surface area contributed by atoms with Crippen LogP contribution >= 0.6 is 0 Å². The first-order chi connectivity index (χ1) is 12.2. The highest BCUT2D eigenvalue weighted by Gasteiger charge is 2.62. The molecule has 6 nitrogen and oxygen atoms in total. The zero-order chi connectivity index (χ0) is 17.3. The van der Waals surface area contributed by atoms with E-state index < -0.39 is 0 Å². The lowest BCUT2D eigenvalue weighted by atomic mass is 9.82. The first-order valence-corrected chi connectivity index (χ1v) is 9.00. The zero-order valence-corrected chi connectivity index (χ0v) is 14.8. The molecule has 0 aliphatic carbocycles. The molecule has 2 bridgehead atoms. The number of benzene rings is 1. The van der Waals surface area contributed by atoms with E-state index in [0.717, 1.165) is 18.6 Å². The van der Waals surface area contributed by atoms with Gasteiger partial charge < -0.3 is 14.2 Å². The van der Waals surface area contributed by atoms with Crippen molar-refractivity contribution in [1.82, 2.24) is 9.80 Å². The minimum atomic E-state index is -0.0893. The van der Waals surface area contributed by atoms with Crippen LogP contribution in [0.2, 0.25) is 0 Å². The Morgan fingerprint density at radius 1 is 1.28 bits per heavy atom. The summed E-state index contributed by atoms with van der Waals surface area (Å²) in [4.78, 5) is 17.3. The molecule has 134 valence electrons. The number of hydrogen-bond donors (Lipinski definition) is 0. The number of fused-ring (bicyclic) bond motifs is 6. The van der Waals surface area contributed by atoms with Gasteiger partial charge in [-0.3, -0.25) is 14.6 Å². The topological polar surface area (TPSA) is 51.2 Å². The third kappa shape index (κ3) is 1.93. The van der Waals surface area contributed by atoms with E-state index in [1.807, 2.05) is 6.07 Å². The summed E-state index contributed by atoms with van der Waals surface area (Å²) in [5, 5.41) is 0. The van der Waals surface area contributed by atoms with Crippen LogP contribution in [0.3, 0.4) is 0 Å². The van der Waals surface area contributed by atoms with Gasteiger partial charge in [0.05, 0.1) is 38.8 Å². The second-order valence-electron chi connectivity index (χ2n) is 7.58. The Labute approximate surface area is 147 Å². The van der Waals surface area contributed by atoms with Gasteiger partial charge in [0.2, 0.25) is 0 Å². The van der Waals surface area contributed by atoms with Crippen LogP contribution in [0.4, 0.5) is 0 Å². The van der Waals surface area contributed by atoms with Crippen molar-refractivity contribution in [3.63, 3.8) is 0 Å². The third-order valence-electron chi connectivity index (χ3n) is 6.73. The number of carbonyl (C=O) groups is 1. The van der Waals surface area contributed by atoms with Crippen molar-refractivity contribution in [1.29, 1.82) is 0 Å². The van der Waals surface area contributed by atoms with E-state index in [4.69, 9.17) is 14.2 Å². The lowest BCUT2D eigenvalue weighted by molar-refractivity contribution is -0.148. The molecule has 0 N–H and O–H groups in total. The van der Waals surface area contributed by atoms with Gasteiger partial charge >= 0.3 is 5.97 Å². The number of methoxy groups -OCH3 is 2. The summed E-state index contributed by atoms with van der Waals surface area (Å²) < 4.78 is 17.0. The predicted octanol–water partition coefficient (Wildman–Crippen LogP) is 1.19. The molecule has 0 unspecified atom stereocenters. The Bertz CT molecular complexity index is 723. The largest absolute Gasteiger partial charge is 0.496 e. The van der Waals surface area contributed by atoms with Crippen LogP contribution in [0, 0.1) is 5.92 Å². The maximum atomic E-state index is 12.4. The van der Waals surface area contributed by atoms with Gasteiger partial charge in [0.15, 0.2) is 0 Å². The van der Waals surface area contributed by atoms with Crippen molar-refractivity contribution in [2.75, 3.05) is 27.9 Å². The third-order valence-corrected chi connectivity index (χ3v) is 6.73. The van der Waals surface area contributed by atoms with Crippen LogP contribution in [0.25, 0.3) is 0 Å². The highest BCUT2D eigenvalue weighted by Crippen LogP contribution is 2.52. The van der Waals surface area contributed by atoms with E-state index >= 15 is 0 Å². The van der Waals surface area contributed by atoms with Crippen molar-refractivity contribution in [2.24, 2.45) is 5.92 Å². The number of likely N-dealkylation sites (N-methyl/N-ethyl adjacent to an activating group) is 1. The molecular formula is C19H24N2O4. The van der Waals surface area contributed by atoms with Gasteiger partial charge in [0, 0.05) is 17.6 Å². The van der Waals surface area contributed by atoms with E-state index in [-0.39, 0.29) is 42.3 Å². The van der Waals surface area contributed by atoms with E-state index in [1.165, 1.54) is 18.2 Å². The summed E-state index contributed by atoms with van der Waals surface area (Å²) in [6.45, 7) is 0.689. The van der Waals surface area contributed by atoms with Crippen LogP contribution in [-0.2, 0) is 20.7 Å². The first-order valence-electron chi connectivity index (χ1n) is 9.00. The fraction of sp³-hybridized carbons (Fsp3) is 0.632. The molecule has 25 heavy (non-hydrogen) atoms. The number of carbonyl (C=O) groups excluding carboxylic acids is 1. The summed E-state index contributed by atoms with van der Waals surface area (Å²) in [6.07, 6.45) is 1.77. The van der Waals surface area contributed by atoms with Crippen LogP contribution < -0.4 is 4.74 Å². The van der Waals surface area contributed by atoms with Gasteiger partial charge in [-0.25, -0.2) is 0 Å². The number of rotatable bonds is 2. The second kappa shape index (κ2) is 5.43. The van der Waals surface area contributed by atoms with Gasteiger partial charge in [-0.15, -0.1) is 0 Å². The molecule has 0 radical (unpaired) electrons. The van der Waals surface area contributed by atoms with Gasteiger partial charge in [-0.05, 0) is 31.5 Å². The van der Waals surface area contributed by atoms with E-state index in [1.54, 1.807) is 7.11 Å². The quantitative estimate of drug-likeness (QED) is 0.752. The molecule has 1 aromatic rings. The van der Waals surface area contributed by atoms with Crippen molar-refractivity contribution in [2.45, 2.75) is 43.2 Å². The highest BCUT2D eigenvalue weighted by molar-refractivity contribution is 5.74. The molecule has 6 atom stereocenters. The average Bonchev–Trinajstić information content (AvgIpc) is 3.17. The molecule has 4 aliphatic rings. The van der Waals surface area contributed by atoms with Crippen molar-refractivity contribution in [3.8, 4) is 5.75 Å². The fourth-order valence-corrected chi connectivity index (χ4v) is 5.77. The molecule has 1 aromatic carbocycles. The van der Waals surface area contributed by atoms with Gasteiger partial charge in [-0.2, -0.15) is 0 Å². The van der Waals surface area contributed by atoms with Gasteiger partial charge in [-0.1, -0.05) is 12.1 Å². The number of esters is 1. The number of ether oxygens (including phenoxy) is 3. The molecular weight excluding hydrogens is 320 g/mol. The van der Waals surface area contributed by atoms with Crippen LogP contribution in [0.5, 0.6) is 5.75 Å². The van der Waals surface area contributed by atoms with Crippen LogP contribution in [0.1, 0.15) is 23.6 Å². The number of nitrogens with zero attached hydrogens (tertiary/aromatic N) is 2. The molecule has 3 saturated heterocycles. The molecule has 0 spiro atoms.